The third kappa shape index (κ3) is 5.49. The van der Waals surface area contributed by atoms with Gasteiger partial charge in [-0.2, -0.15) is 0 Å². The summed E-state index contributed by atoms with van der Waals surface area (Å²) in [6, 6.07) is 4.27. The van der Waals surface area contributed by atoms with Crippen molar-refractivity contribution in [3.05, 3.63) is 33.9 Å². The van der Waals surface area contributed by atoms with Gasteiger partial charge < -0.3 is 15.5 Å². The minimum atomic E-state index is -0.430. The zero-order chi connectivity index (χ0) is 17.5. The van der Waals surface area contributed by atoms with Crippen LogP contribution >= 0.6 is 0 Å². The van der Waals surface area contributed by atoms with E-state index in [0.29, 0.717) is 17.8 Å². The highest BCUT2D eigenvalue weighted by Gasteiger charge is 2.15. The van der Waals surface area contributed by atoms with E-state index >= 15 is 0 Å². The maximum Gasteiger partial charge on any atom is 0.319 e. The van der Waals surface area contributed by atoms with Crippen LogP contribution in [-0.4, -0.2) is 42.0 Å². The Bertz CT molecular complexity index is 583. The molecule has 0 bridgehead atoms. The van der Waals surface area contributed by atoms with Crippen LogP contribution in [0, 0.1) is 23.0 Å². The lowest BCUT2D eigenvalue weighted by Gasteiger charge is -2.30. The molecule has 0 aromatic heterocycles. The van der Waals surface area contributed by atoms with Crippen LogP contribution in [0.5, 0.6) is 0 Å². The van der Waals surface area contributed by atoms with E-state index in [1.54, 1.807) is 19.1 Å². The topological polar surface area (TPSA) is 87.5 Å². The number of carbonyl (C=O) groups is 1. The Balaban J connectivity index is 1.68. The van der Waals surface area contributed by atoms with Gasteiger partial charge in [-0.15, -0.1) is 0 Å². The number of hydrogen-bond donors (Lipinski definition) is 2. The number of benzene rings is 1. The Hall–Kier alpha value is -2.15. The Morgan fingerprint density at radius 2 is 2.08 bits per heavy atom. The Labute approximate surface area is 142 Å². The molecule has 1 aromatic carbocycles. The highest BCUT2D eigenvalue weighted by atomic mass is 16.6. The molecule has 2 N–H and O–H groups in total. The zero-order valence-electron chi connectivity index (χ0n) is 14.4. The molecule has 0 radical (unpaired) electrons. The smallest absolute Gasteiger partial charge is 0.319 e. The summed E-state index contributed by atoms with van der Waals surface area (Å²) in [5.41, 5.74) is 1.13. The van der Waals surface area contributed by atoms with Gasteiger partial charge in [-0.25, -0.2) is 4.79 Å². The Morgan fingerprint density at radius 1 is 1.38 bits per heavy atom. The normalized spacial score (nSPS) is 15.9. The maximum atomic E-state index is 11.9. The SMILES string of the molecule is Cc1cc(NC(=O)NCCCN2CCC(C)CC2)ccc1[N+](=O)[O-]. The van der Waals surface area contributed by atoms with Crippen LogP contribution in [0.3, 0.4) is 0 Å². The number of urea groups is 1. The molecule has 0 saturated carbocycles. The van der Waals surface area contributed by atoms with E-state index in [1.807, 2.05) is 0 Å². The molecule has 1 aliphatic rings. The quantitative estimate of drug-likeness (QED) is 0.475. The molecule has 24 heavy (non-hydrogen) atoms. The summed E-state index contributed by atoms with van der Waals surface area (Å²) in [5.74, 6) is 0.829. The fourth-order valence-electron chi connectivity index (χ4n) is 2.90. The standard InChI is InChI=1S/C17H26N4O3/c1-13-6-10-20(11-7-13)9-3-8-18-17(22)19-15-4-5-16(21(23)24)14(2)12-15/h4-5,12-13H,3,6-11H2,1-2H3,(H2,18,19,22). The summed E-state index contributed by atoms with van der Waals surface area (Å²) in [6.45, 7) is 7.86. The molecule has 0 aliphatic carbocycles. The van der Waals surface area contributed by atoms with E-state index in [-0.39, 0.29) is 11.7 Å². The fourth-order valence-corrected chi connectivity index (χ4v) is 2.90. The van der Waals surface area contributed by atoms with E-state index in [0.717, 1.165) is 32.0 Å². The lowest BCUT2D eigenvalue weighted by atomic mass is 9.99. The molecule has 132 valence electrons. The van der Waals surface area contributed by atoms with Crippen molar-refractivity contribution in [3.63, 3.8) is 0 Å². The van der Waals surface area contributed by atoms with Gasteiger partial charge in [0.05, 0.1) is 4.92 Å². The number of piperidine rings is 1. The van der Waals surface area contributed by atoms with Gasteiger partial charge in [0.2, 0.25) is 0 Å². The van der Waals surface area contributed by atoms with Gasteiger partial charge in [-0.1, -0.05) is 6.92 Å². The van der Waals surface area contributed by atoms with E-state index in [1.165, 1.54) is 18.9 Å². The predicted octanol–water partition coefficient (Wildman–Crippen LogP) is 3.15. The number of nitro groups is 1. The number of aryl methyl sites for hydroxylation is 1. The summed E-state index contributed by atoms with van der Waals surface area (Å²) < 4.78 is 0. The van der Waals surface area contributed by atoms with E-state index in [9.17, 15) is 14.9 Å². The van der Waals surface area contributed by atoms with Gasteiger partial charge in [-0.3, -0.25) is 10.1 Å². The minimum Gasteiger partial charge on any atom is -0.338 e. The number of nitro benzene ring substituents is 1. The molecule has 1 fully saturated rings. The minimum absolute atomic E-state index is 0.0526. The first-order chi connectivity index (χ1) is 11.5. The maximum absolute atomic E-state index is 11.9. The zero-order valence-corrected chi connectivity index (χ0v) is 14.4. The monoisotopic (exact) mass is 334 g/mol. The van der Waals surface area contributed by atoms with Crippen LogP contribution in [0.4, 0.5) is 16.2 Å². The molecule has 1 aliphatic heterocycles. The largest absolute Gasteiger partial charge is 0.338 e. The van der Waals surface area contributed by atoms with Crippen LogP contribution in [0.25, 0.3) is 0 Å². The van der Waals surface area contributed by atoms with Gasteiger partial charge >= 0.3 is 6.03 Å². The molecule has 7 nitrogen and oxygen atoms in total. The van der Waals surface area contributed by atoms with Crippen LogP contribution in [0.1, 0.15) is 31.7 Å². The second-order valence-electron chi connectivity index (χ2n) is 6.52. The first-order valence-electron chi connectivity index (χ1n) is 8.48. The molecule has 0 atom stereocenters. The number of anilines is 1. The molecule has 0 spiro atoms. The molecule has 1 heterocycles. The number of likely N-dealkylation sites (tertiary alicyclic amines) is 1. The first kappa shape index (κ1) is 18.2. The molecule has 1 aromatic rings. The van der Waals surface area contributed by atoms with Crippen LogP contribution in [0.2, 0.25) is 0 Å². The van der Waals surface area contributed by atoms with Crippen molar-refractivity contribution >= 4 is 17.4 Å². The van der Waals surface area contributed by atoms with Crippen LogP contribution in [-0.2, 0) is 0 Å². The lowest BCUT2D eigenvalue weighted by Crippen LogP contribution is -2.36. The van der Waals surface area contributed by atoms with Crippen molar-refractivity contribution in [2.24, 2.45) is 5.92 Å². The lowest BCUT2D eigenvalue weighted by molar-refractivity contribution is -0.385. The van der Waals surface area contributed by atoms with Crippen LogP contribution < -0.4 is 10.6 Å². The number of hydrogen-bond acceptors (Lipinski definition) is 4. The van der Waals surface area contributed by atoms with Crippen LogP contribution in [0.15, 0.2) is 18.2 Å². The number of amides is 2. The van der Waals surface area contributed by atoms with E-state index in [2.05, 4.69) is 22.5 Å². The van der Waals surface area contributed by atoms with Gasteiger partial charge in [0, 0.05) is 23.9 Å². The Kier molecular flexibility index (Phi) is 6.54. The van der Waals surface area contributed by atoms with Gasteiger partial charge in [-0.05, 0) is 63.9 Å². The summed E-state index contributed by atoms with van der Waals surface area (Å²) >= 11 is 0. The Morgan fingerprint density at radius 3 is 2.71 bits per heavy atom. The van der Waals surface area contributed by atoms with Crippen molar-refractivity contribution < 1.29 is 9.72 Å². The second-order valence-corrected chi connectivity index (χ2v) is 6.52. The summed E-state index contributed by atoms with van der Waals surface area (Å²) in [7, 11) is 0. The highest BCUT2D eigenvalue weighted by molar-refractivity contribution is 5.89. The molecular weight excluding hydrogens is 308 g/mol. The van der Waals surface area contributed by atoms with Crippen molar-refractivity contribution in [2.45, 2.75) is 33.1 Å². The fraction of sp³-hybridized carbons (Fsp3) is 0.588. The number of nitrogens with one attached hydrogen (secondary N) is 2. The second kappa shape index (κ2) is 8.63. The summed E-state index contributed by atoms with van der Waals surface area (Å²) in [4.78, 5) is 24.7. The van der Waals surface area contributed by atoms with Crippen molar-refractivity contribution in [2.75, 3.05) is 31.5 Å². The molecule has 2 rings (SSSR count). The number of nitrogens with zero attached hydrogens (tertiary/aromatic N) is 2. The van der Waals surface area contributed by atoms with Gasteiger partial charge in [0.25, 0.3) is 5.69 Å². The highest BCUT2D eigenvalue weighted by Crippen LogP contribution is 2.21. The van der Waals surface area contributed by atoms with Crippen molar-refractivity contribution in [3.8, 4) is 0 Å². The first-order valence-corrected chi connectivity index (χ1v) is 8.48. The van der Waals surface area contributed by atoms with E-state index in [4.69, 9.17) is 0 Å². The average molecular weight is 334 g/mol. The van der Waals surface area contributed by atoms with E-state index < -0.39 is 4.92 Å². The van der Waals surface area contributed by atoms with Crippen molar-refractivity contribution in [1.82, 2.24) is 10.2 Å². The molecular formula is C17H26N4O3. The molecule has 0 unspecified atom stereocenters. The number of rotatable bonds is 6. The van der Waals surface area contributed by atoms with Gasteiger partial charge in [0.1, 0.15) is 0 Å². The molecule has 7 heteroatoms. The van der Waals surface area contributed by atoms with Crippen molar-refractivity contribution in [1.29, 1.82) is 0 Å². The predicted molar refractivity (Wildman–Crippen MR) is 94.3 cm³/mol. The summed E-state index contributed by atoms with van der Waals surface area (Å²) in [6.07, 6.45) is 3.43. The molecule has 2 amide bonds. The molecule has 1 saturated heterocycles. The van der Waals surface area contributed by atoms with Gasteiger partial charge in [0.15, 0.2) is 0 Å². The average Bonchev–Trinajstić information content (AvgIpc) is 2.53. The third-order valence-corrected chi connectivity index (χ3v) is 4.46. The third-order valence-electron chi connectivity index (χ3n) is 4.46. The summed E-state index contributed by atoms with van der Waals surface area (Å²) in [5, 5.41) is 16.3. The number of carbonyl (C=O) groups excluding carboxylic acids is 1.